The van der Waals surface area contributed by atoms with Crippen molar-refractivity contribution in [2.45, 2.75) is 17.5 Å². The minimum atomic E-state index is -1.03. The van der Waals surface area contributed by atoms with Crippen LogP contribution in [0.2, 0.25) is 0 Å². The van der Waals surface area contributed by atoms with E-state index in [1.165, 1.54) is 16.7 Å². The third-order valence-corrected chi connectivity index (χ3v) is 3.86. The Morgan fingerprint density at radius 2 is 2.36 bits per heavy atom. The highest BCUT2D eigenvalue weighted by molar-refractivity contribution is 8.00. The molecule has 0 aromatic rings. The average molecular weight is 214 g/mol. The first-order valence-corrected chi connectivity index (χ1v) is 5.18. The molecule has 3 atom stereocenters. The molecule has 0 aromatic heterocycles. The lowest BCUT2D eigenvalue weighted by atomic mass is 9.99. The first kappa shape index (κ1) is 9.54. The van der Waals surface area contributed by atoms with Crippen molar-refractivity contribution in [3.63, 3.8) is 0 Å². The van der Waals surface area contributed by atoms with E-state index in [0.717, 1.165) is 0 Å². The van der Waals surface area contributed by atoms with Gasteiger partial charge in [-0.25, -0.2) is 4.79 Å². The Labute approximate surface area is 84.9 Å². The van der Waals surface area contributed by atoms with E-state index in [1.807, 2.05) is 0 Å². The molecule has 76 valence electrons. The molecule has 2 unspecified atom stereocenters. The van der Waals surface area contributed by atoms with Gasteiger partial charge in [0.2, 0.25) is 5.91 Å². The lowest BCUT2D eigenvalue weighted by Crippen LogP contribution is -2.73. The predicted octanol–water partition coefficient (Wildman–Crippen LogP) is -0.762. The van der Waals surface area contributed by atoms with E-state index >= 15 is 0 Å². The number of fused-ring (bicyclic) bond motifs is 1. The standard InChI is InChI=1S/C8H10N2O3S/c1-3-2-14-7-4(9)6(11)10(7)5(3)8(12)13/h4-5,7H,1-2,9H2,(H,12,13)/t4?,5?,7-/m1/s1. The number of carbonyl (C=O) groups is 2. The number of hydrogen-bond acceptors (Lipinski definition) is 4. The van der Waals surface area contributed by atoms with Gasteiger partial charge in [-0.1, -0.05) is 6.58 Å². The lowest BCUT2D eigenvalue weighted by molar-refractivity contribution is -0.158. The quantitative estimate of drug-likeness (QED) is 0.442. The number of carbonyl (C=O) groups excluding carboxylic acids is 1. The van der Waals surface area contributed by atoms with Crippen LogP contribution in [0.4, 0.5) is 0 Å². The highest BCUT2D eigenvalue weighted by Crippen LogP contribution is 2.38. The van der Waals surface area contributed by atoms with Gasteiger partial charge in [-0.2, -0.15) is 0 Å². The summed E-state index contributed by atoms with van der Waals surface area (Å²) < 4.78 is 0. The van der Waals surface area contributed by atoms with E-state index in [1.54, 1.807) is 0 Å². The maximum absolute atomic E-state index is 11.3. The van der Waals surface area contributed by atoms with Crippen LogP contribution in [0.5, 0.6) is 0 Å². The SMILES string of the molecule is C=C1CS[C@@H]2C(N)C(=O)N2C1C(=O)O. The number of thioether (sulfide) groups is 1. The molecule has 6 heteroatoms. The molecule has 5 nitrogen and oxygen atoms in total. The van der Waals surface area contributed by atoms with Crippen LogP contribution < -0.4 is 5.73 Å². The Hall–Kier alpha value is -1.01. The summed E-state index contributed by atoms with van der Waals surface area (Å²) in [6.07, 6.45) is 0. The van der Waals surface area contributed by atoms with E-state index < -0.39 is 18.1 Å². The number of carboxylic acid groups (broad SMARTS) is 1. The van der Waals surface area contributed by atoms with Gasteiger partial charge in [-0.15, -0.1) is 11.8 Å². The number of hydrogen-bond donors (Lipinski definition) is 2. The van der Waals surface area contributed by atoms with Crippen LogP contribution in [-0.4, -0.2) is 45.1 Å². The fourth-order valence-corrected chi connectivity index (χ4v) is 2.98. The molecule has 2 aliphatic heterocycles. The number of nitrogens with zero attached hydrogens (tertiary/aromatic N) is 1. The molecule has 0 aromatic carbocycles. The second-order valence-electron chi connectivity index (χ2n) is 3.37. The van der Waals surface area contributed by atoms with Crippen molar-refractivity contribution in [3.05, 3.63) is 12.2 Å². The first-order chi connectivity index (χ1) is 6.54. The Kier molecular flexibility index (Phi) is 2.04. The summed E-state index contributed by atoms with van der Waals surface area (Å²) in [5.74, 6) is -0.768. The number of nitrogens with two attached hydrogens (primary N) is 1. The molecule has 0 spiro atoms. The average Bonchev–Trinajstić information content (AvgIpc) is 2.15. The highest BCUT2D eigenvalue weighted by Gasteiger charge is 2.53. The van der Waals surface area contributed by atoms with Crippen molar-refractivity contribution in [2.24, 2.45) is 5.73 Å². The highest BCUT2D eigenvalue weighted by atomic mass is 32.2. The zero-order chi connectivity index (χ0) is 10.5. The van der Waals surface area contributed by atoms with Crippen molar-refractivity contribution in [2.75, 3.05) is 5.75 Å². The number of β-lactam (4-membered cyclic amide) rings is 1. The number of aliphatic carboxylic acids is 1. The maximum atomic E-state index is 11.3. The maximum Gasteiger partial charge on any atom is 0.330 e. The fourth-order valence-electron chi connectivity index (χ4n) is 1.73. The van der Waals surface area contributed by atoms with Crippen molar-refractivity contribution in [3.8, 4) is 0 Å². The first-order valence-electron chi connectivity index (χ1n) is 4.14. The van der Waals surface area contributed by atoms with Gasteiger partial charge < -0.3 is 15.7 Å². The summed E-state index contributed by atoms with van der Waals surface area (Å²) in [5.41, 5.74) is 6.10. The minimum Gasteiger partial charge on any atom is -0.479 e. The number of rotatable bonds is 1. The van der Waals surface area contributed by atoms with Crippen LogP contribution in [0, 0.1) is 0 Å². The lowest BCUT2D eigenvalue weighted by Gasteiger charge is -2.51. The van der Waals surface area contributed by atoms with Crippen molar-refractivity contribution >= 4 is 23.6 Å². The van der Waals surface area contributed by atoms with Crippen molar-refractivity contribution < 1.29 is 14.7 Å². The Morgan fingerprint density at radius 3 is 2.93 bits per heavy atom. The minimum absolute atomic E-state index is 0.186. The van der Waals surface area contributed by atoms with Gasteiger partial charge in [0, 0.05) is 5.75 Å². The Balaban J connectivity index is 2.26. The van der Waals surface area contributed by atoms with Gasteiger partial charge in [0.25, 0.3) is 0 Å². The monoisotopic (exact) mass is 214 g/mol. The van der Waals surface area contributed by atoms with E-state index in [-0.39, 0.29) is 11.3 Å². The fraction of sp³-hybridized carbons (Fsp3) is 0.500. The van der Waals surface area contributed by atoms with E-state index in [2.05, 4.69) is 6.58 Å². The Morgan fingerprint density at radius 1 is 1.71 bits per heavy atom. The molecule has 2 aliphatic rings. The smallest absolute Gasteiger partial charge is 0.330 e. The molecule has 0 aliphatic carbocycles. The largest absolute Gasteiger partial charge is 0.479 e. The Bertz CT molecular complexity index is 331. The predicted molar refractivity (Wildman–Crippen MR) is 51.6 cm³/mol. The van der Waals surface area contributed by atoms with Gasteiger partial charge in [0.1, 0.15) is 11.4 Å². The summed E-state index contributed by atoms with van der Waals surface area (Å²) >= 11 is 1.47. The molecule has 2 heterocycles. The normalized spacial score (nSPS) is 36.4. The molecular weight excluding hydrogens is 204 g/mol. The van der Waals surface area contributed by atoms with Crippen LogP contribution >= 0.6 is 11.8 Å². The zero-order valence-corrected chi connectivity index (χ0v) is 8.16. The van der Waals surface area contributed by atoms with Crippen molar-refractivity contribution in [1.29, 1.82) is 0 Å². The van der Waals surface area contributed by atoms with Crippen LogP contribution in [0.1, 0.15) is 0 Å². The second-order valence-corrected chi connectivity index (χ2v) is 4.48. The third-order valence-electron chi connectivity index (χ3n) is 2.46. The molecule has 3 N–H and O–H groups in total. The van der Waals surface area contributed by atoms with Gasteiger partial charge >= 0.3 is 5.97 Å². The molecule has 2 saturated heterocycles. The van der Waals surface area contributed by atoms with E-state index in [0.29, 0.717) is 11.3 Å². The molecule has 0 bridgehead atoms. The zero-order valence-electron chi connectivity index (χ0n) is 7.34. The van der Waals surface area contributed by atoms with Crippen LogP contribution in [0.15, 0.2) is 12.2 Å². The molecule has 1 amide bonds. The third kappa shape index (κ3) is 1.07. The van der Waals surface area contributed by atoms with Gasteiger partial charge in [0.05, 0.1) is 0 Å². The van der Waals surface area contributed by atoms with E-state index in [4.69, 9.17) is 10.8 Å². The summed E-state index contributed by atoms with van der Waals surface area (Å²) in [7, 11) is 0. The van der Waals surface area contributed by atoms with Crippen LogP contribution in [0.3, 0.4) is 0 Å². The van der Waals surface area contributed by atoms with Gasteiger partial charge in [-0.3, -0.25) is 4.79 Å². The van der Waals surface area contributed by atoms with Gasteiger partial charge in [-0.05, 0) is 5.57 Å². The van der Waals surface area contributed by atoms with E-state index in [9.17, 15) is 9.59 Å². The molecule has 14 heavy (non-hydrogen) atoms. The number of amides is 1. The summed E-state index contributed by atoms with van der Waals surface area (Å²) in [4.78, 5) is 23.6. The second kappa shape index (κ2) is 2.99. The summed E-state index contributed by atoms with van der Waals surface area (Å²) in [5, 5.41) is 8.74. The molecular formula is C8H10N2O3S. The van der Waals surface area contributed by atoms with Gasteiger partial charge in [0.15, 0.2) is 6.04 Å². The number of carboxylic acids is 1. The van der Waals surface area contributed by atoms with Crippen molar-refractivity contribution in [1.82, 2.24) is 4.90 Å². The molecule has 2 fully saturated rings. The molecule has 0 saturated carbocycles. The van der Waals surface area contributed by atoms with Crippen LogP contribution in [0.25, 0.3) is 0 Å². The molecule has 2 rings (SSSR count). The topological polar surface area (TPSA) is 83.6 Å². The van der Waals surface area contributed by atoms with Crippen LogP contribution in [-0.2, 0) is 9.59 Å². The summed E-state index contributed by atoms with van der Waals surface area (Å²) in [6.45, 7) is 3.66. The molecule has 0 radical (unpaired) electrons. The summed E-state index contributed by atoms with van der Waals surface area (Å²) in [6, 6.07) is -1.43.